The molecule has 0 bridgehead atoms. The van der Waals surface area contributed by atoms with Crippen molar-refractivity contribution in [3.8, 4) is 0 Å². The Morgan fingerprint density at radius 3 is 1.36 bits per heavy atom. The van der Waals surface area contributed by atoms with Gasteiger partial charge < -0.3 is 18.3 Å². The van der Waals surface area contributed by atoms with Gasteiger partial charge in [0.25, 0.3) is 0 Å². The first-order chi connectivity index (χ1) is 13.5. The molecule has 2 heterocycles. The summed E-state index contributed by atoms with van der Waals surface area (Å²) in [5.41, 5.74) is 0.297. The van der Waals surface area contributed by atoms with E-state index >= 15 is 0 Å². The number of Topliss-reactive ketones (excluding diaryl/α,β-unsaturated/α-hetero) is 2. The van der Waals surface area contributed by atoms with Gasteiger partial charge in [-0.25, -0.2) is 9.59 Å². The van der Waals surface area contributed by atoms with Gasteiger partial charge >= 0.3 is 11.9 Å². The quantitative estimate of drug-likeness (QED) is 0.432. The standard InChI is InChI=1S/C20H14O8/c21-15(17-3-1-9-25-17)11-27-19(23)13-5-7-14(8-6-13)20(24)28-12-16(22)18-4-2-10-26-18/h1-10H,11-12H2. The van der Waals surface area contributed by atoms with Crippen LogP contribution in [0.5, 0.6) is 0 Å². The Morgan fingerprint density at radius 2 is 1.04 bits per heavy atom. The van der Waals surface area contributed by atoms with Crippen molar-refractivity contribution in [2.45, 2.75) is 0 Å². The fraction of sp³-hybridized carbons (Fsp3) is 0.100. The van der Waals surface area contributed by atoms with Crippen LogP contribution in [-0.2, 0) is 9.47 Å². The lowest BCUT2D eigenvalue weighted by molar-refractivity contribution is 0.0460. The van der Waals surface area contributed by atoms with Gasteiger partial charge in [0, 0.05) is 0 Å². The second-order valence-corrected chi connectivity index (χ2v) is 5.53. The molecular weight excluding hydrogens is 368 g/mol. The predicted octanol–water partition coefficient (Wildman–Crippen LogP) is 2.95. The summed E-state index contributed by atoms with van der Waals surface area (Å²) in [5, 5.41) is 0. The minimum absolute atomic E-state index is 0.0926. The van der Waals surface area contributed by atoms with Crippen molar-refractivity contribution in [1.82, 2.24) is 0 Å². The molecule has 0 saturated heterocycles. The molecule has 1 aromatic carbocycles. The molecule has 0 amide bonds. The van der Waals surface area contributed by atoms with Crippen LogP contribution in [0.15, 0.2) is 69.9 Å². The molecule has 2 aromatic heterocycles. The summed E-state index contributed by atoms with van der Waals surface area (Å²) >= 11 is 0. The smallest absolute Gasteiger partial charge is 0.338 e. The van der Waals surface area contributed by atoms with Crippen LogP contribution in [0, 0.1) is 0 Å². The average molecular weight is 382 g/mol. The topological polar surface area (TPSA) is 113 Å². The number of rotatable bonds is 8. The van der Waals surface area contributed by atoms with Crippen molar-refractivity contribution in [2.75, 3.05) is 13.2 Å². The van der Waals surface area contributed by atoms with Crippen LogP contribution in [0.25, 0.3) is 0 Å². The Bertz CT molecular complexity index is 885. The number of furan rings is 2. The summed E-state index contributed by atoms with van der Waals surface area (Å²) in [4.78, 5) is 47.4. The van der Waals surface area contributed by atoms with Crippen molar-refractivity contribution in [3.63, 3.8) is 0 Å². The fourth-order valence-electron chi connectivity index (χ4n) is 2.19. The van der Waals surface area contributed by atoms with Gasteiger partial charge in [0.15, 0.2) is 24.7 Å². The largest absolute Gasteiger partial charge is 0.461 e. The van der Waals surface area contributed by atoms with Gasteiger partial charge in [-0.1, -0.05) is 0 Å². The summed E-state index contributed by atoms with van der Waals surface area (Å²) in [7, 11) is 0. The number of esters is 2. The molecule has 0 fully saturated rings. The second kappa shape index (κ2) is 8.63. The van der Waals surface area contributed by atoms with Gasteiger partial charge in [-0.3, -0.25) is 9.59 Å². The average Bonchev–Trinajstić information content (AvgIpc) is 3.44. The Balaban J connectivity index is 1.50. The molecule has 0 aliphatic rings. The van der Waals surface area contributed by atoms with E-state index in [-0.39, 0.29) is 22.6 Å². The second-order valence-electron chi connectivity index (χ2n) is 5.53. The van der Waals surface area contributed by atoms with Crippen LogP contribution < -0.4 is 0 Å². The molecule has 0 aliphatic carbocycles. The summed E-state index contributed by atoms with van der Waals surface area (Å²) in [6, 6.07) is 11.4. The third-order valence-corrected chi connectivity index (χ3v) is 3.62. The van der Waals surface area contributed by atoms with E-state index < -0.39 is 36.7 Å². The van der Waals surface area contributed by atoms with E-state index in [0.29, 0.717) is 0 Å². The maximum absolute atomic E-state index is 12.0. The molecule has 28 heavy (non-hydrogen) atoms. The monoisotopic (exact) mass is 382 g/mol. The lowest BCUT2D eigenvalue weighted by Crippen LogP contribution is -2.15. The number of ether oxygens (including phenoxy) is 2. The molecule has 0 atom stereocenters. The summed E-state index contributed by atoms with van der Waals surface area (Å²) in [6.07, 6.45) is 2.68. The third kappa shape index (κ3) is 4.61. The highest BCUT2D eigenvalue weighted by molar-refractivity contribution is 5.99. The first kappa shape index (κ1) is 18.8. The SMILES string of the molecule is O=C(OCC(=O)c1ccco1)c1ccc(C(=O)OCC(=O)c2ccco2)cc1. The van der Waals surface area contributed by atoms with Crippen LogP contribution in [0.3, 0.4) is 0 Å². The van der Waals surface area contributed by atoms with Crippen molar-refractivity contribution in [3.05, 3.63) is 83.7 Å². The van der Waals surface area contributed by atoms with Crippen molar-refractivity contribution in [1.29, 1.82) is 0 Å². The first-order valence-corrected chi connectivity index (χ1v) is 8.12. The summed E-state index contributed by atoms with van der Waals surface area (Å²) in [5.74, 6) is -2.22. The Kier molecular flexibility index (Phi) is 5.81. The Hall–Kier alpha value is -3.94. The van der Waals surface area contributed by atoms with E-state index in [9.17, 15) is 19.2 Å². The highest BCUT2D eigenvalue weighted by Crippen LogP contribution is 2.09. The summed E-state index contributed by atoms with van der Waals surface area (Å²) < 4.78 is 19.7. The number of benzene rings is 1. The van der Waals surface area contributed by atoms with Gasteiger partial charge in [-0.15, -0.1) is 0 Å². The molecule has 0 unspecified atom stereocenters. The number of carbonyl (C=O) groups excluding carboxylic acids is 4. The minimum atomic E-state index is -0.729. The molecule has 0 aliphatic heterocycles. The highest BCUT2D eigenvalue weighted by Gasteiger charge is 2.16. The van der Waals surface area contributed by atoms with E-state index in [0.717, 1.165) is 0 Å². The third-order valence-electron chi connectivity index (χ3n) is 3.62. The van der Waals surface area contributed by atoms with E-state index in [1.54, 1.807) is 12.1 Å². The van der Waals surface area contributed by atoms with Crippen molar-refractivity contribution < 1.29 is 37.5 Å². The number of carbonyl (C=O) groups is 4. The lowest BCUT2D eigenvalue weighted by Gasteiger charge is -2.05. The molecule has 3 rings (SSSR count). The summed E-state index contributed by atoms with van der Waals surface area (Å²) in [6.45, 7) is -0.934. The van der Waals surface area contributed by atoms with E-state index in [2.05, 4.69) is 0 Å². The molecule has 0 spiro atoms. The molecule has 0 radical (unpaired) electrons. The zero-order valence-electron chi connectivity index (χ0n) is 14.5. The zero-order chi connectivity index (χ0) is 19.9. The molecule has 8 nitrogen and oxygen atoms in total. The van der Waals surface area contributed by atoms with Crippen molar-refractivity contribution in [2.24, 2.45) is 0 Å². The number of ketones is 2. The minimum Gasteiger partial charge on any atom is -0.461 e. The van der Waals surface area contributed by atoms with Crippen LogP contribution in [0.1, 0.15) is 41.8 Å². The van der Waals surface area contributed by atoms with E-state index in [4.69, 9.17) is 18.3 Å². The van der Waals surface area contributed by atoms with Crippen molar-refractivity contribution >= 4 is 23.5 Å². The molecular formula is C20H14O8. The number of hydrogen-bond donors (Lipinski definition) is 0. The van der Waals surface area contributed by atoms with Crippen LogP contribution in [0.4, 0.5) is 0 Å². The van der Waals surface area contributed by atoms with Gasteiger partial charge in [0.1, 0.15) is 0 Å². The van der Waals surface area contributed by atoms with Gasteiger partial charge in [-0.2, -0.15) is 0 Å². The molecule has 3 aromatic rings. The zero-order valence-corrected chi connectivity index (χ0v) is 14.5. The highest BCUT2D eigenvalue weighted by atomic mass is 16.5. The van der Waals surface area contributed by atoms with E-state index in [1.807, 2.05) is 0 Å². The van der Waals surface area contributed by atoms with Crippen LogP contribution in [-0.4, -0.2) is 36.7 Å². The molecule has 8 heteroatoms. The Labute approximate surface area is 158 Å². The van der Waals surface area contributed by atoms with Gasteiger partial charge in [0.2, 0.25) is 11.6 Å². The van der Waals surface area contributed by atoms with Gasteiger partial charge in [-0.05, 0) is 48.5 Å². The Morgan fingerprint density at radius 1 is 0.643 bits per heavy atom. The number of hydrogen-bond acceptors (Lipinski definition) is 8. The fourth-order valence-corrected chi connectivity index (χ4v) is 2.19. The van der Waals surface area contributed by atoms with Crippen LogP contribution >= 0.6 is 0 Å². The lowest BCUT2D eigenvalue weighted by atomic mass is 10.1. The maximum Gasteiger partial charge on any atom is 0.338 e. The predicted molar refractivity (Wildman–Crippen MR) is 93.1 cm³/mol. The van der Waals surface area contributed by atoms with Gasteiger partial charge in [0.05, 0.1) is 23.7 Å². The molecule has 0 N–H and O–H groups in total. The first-order valence-electron chi connectivity index (χ1n) is 8.12. The molecule has 142 valence electrons. The van der Waals surface area contributed by atoms with E-state index in [1.165, 1.54) is 48.9 Å². The van der Waals surface area contributed by atoms with Crippen LogP contribution in [0.2, 0.25) is 0 Å². The maximum atomic E-state index is 12.0. The normalized spacial score (nSPS) is 10.3. The molecule has 0 saturated carbocycles.